The van der Waals surface area contributed by atoms with E-state index in [9.17, 15) is 4.79 Å². The fourth-order valence-corrected chi connectivity index (χ4v) is 2.79. The molecular formula is C14H16N4OS. The summed E-state index contributed by atoms with van der Waals surface area (Å²) in [6.45, 7) is 2.62. The molecule has 0 aromatic carbocycles. The molecule has 1 aliphatic rings. The number of hydrogen-bond acceptors (Lipinski definition) is 5. The van der Waals surface area contributed by atoms with Gasteiger partial charge in [0.25, 0.3) is 5.56 Å². The Kier molecular flexibility index (Phi) is 3.84. The van der Waals surface area contributed by atoms with Gasteiger partial charge in [-0.15, -0.1) is 0 Å². The summed E-state index contributed by atoms with van der Waals surface area (Å²) >= 11 is 1.40. The molecule has 20 heavy (non-hydrogen) atoms. The number of nitrogens with zero attached hydrogens (tertiary/aromatic N) is 2. The number of aryl methyl sites for hydroxylation is 1. The molecule has 0 saturated heterocycles. The lowest BCUT2D eigenvalue weighted by Crippen LogP contribution is -2.16. The third-order valence-corrected chi connectivity index (χ3v) is 4.00. The minimum atomic E-state index is -0.131. The Bertz CT molecular complexity index is 666. The van der Waals surface area contributed by atoms with Crippen molar-refractivity contribution in [1.82, 2.24) is 20.3 Å². The lowest BCUT2D eigenvalue weighted by molar-refractivity contribution is 0.675. The van der Waals surface area contributed by atoms with Crippen LogP contribution in [0.1, 0.15) is 24.1 Å². The van der Waals surface area contributed by atoms with E-state index in [2.05, 4.69) is 26.3 Å². The predicted octanol–water partition coefficient (Wildman–Crippen LogP) is 1.88. The molecule has 0 atom stereocenters. The van der Waals surface area contributed by atoms with Crippen molar-refractivity contribution >= 4 is 11.8 Å². The maximum absolute atomic E-state index is 11.5. The fraction of sp³-hybridized carbons (Fsp3) is 0.357. The minimum Gasteiger partial charge on any atom is -0.310 e. The summed E-state index contributed by atoms with van der Waals surface area (Å²) < 4.78 is 0. The van der Waals surface area contributed by atoms with Crippen LogP contribution in [0.25, 0.3) is 0 Å². The summed E-state index contributed by atoms with van der Waals surface area (Å²) in [5, 5.41) is 4.94. The van der Waals surface area contributed by atoms with Gasteiger partial charge < -0.3 is 10.3 Å². The Morgan fingerprint density at radius 3 is 3.10 bits per heavy atom. The molecule has 2 aromatic rings. The lowest BCUT2D eigenvalue weighted by atomic mass is 10.3. The number of aromatic nitrogens is 3. The SMILES string of the molecule is Cc1cc(=O)[nH]c(Sc2ncccc2CNC2CC2)n1. The van der Waals surface area contributed by atoms with Crippen LogP contribution in [0.15, 0.2) is 39.4 Å². The maximum Gasteiger partial charge on any atom is 0.251 e. The Morgan fingerprint density at radius 2 is 2.35 bits per heavy atom. The van der Waals surface area contributed by atoms with Gasteiger partial charge in [0.1, 0.15) is 5.03 Å². The molecule has 0 unspecified atom stereocenters. The second-order valence-corrected chi connectivity index (χ2v) is 5.89. The first-order valence-electron chi connectivity index (χ1n) is 6.64. The number of hydrogen-bond donors (Lipinski definition) is 2. The largest absolute Gasteiger partial charge is 0.310 e. The van der Waals surface area contributed by atoms with Crippen molar-refractivity contribution in [3.63, 3.8) is 0 Å². The van der Waals surface area contributed by atoms with Crippen LogP contribution < -0.4 is 10.9 Å². The van der Waals surface area contributed by atoms with E-state index in [1.54, 1.807) is 6.20 Å². The molecule has 2 aromatic heterocycles. The number of aromatic amines is 1. The zero-order valence-corrected chi connectivity index (χ0v) is 12.0. The highest BCUT2D eigenvalue weighted by atomic mass is 32.2. The van der Waals surface area contributed by atoms with E-state index < -0.39 is 0 Å². The van der Waals surface area contributed by atoms with Crippen LogP contribution in [-0.4, -0.2) is 21.0 Å². The minimum absolute atomic E-state index is 0.131. The molecule has 5 nitrogen and oxygen atoms in total. The highest BCUT2D eigenvalue weighted by molar-refractivity contribution is 7.99. The zero-order chi connectivity index (χ0) is 13.9. The first kappa shape index (κ1) is 13.3. The number of pyridine rings is 1. The maximum atomic E-state index is 11.5. The van der Waals surface area contributed by atoms with Crippen molar-refractivity contribution in [3.8, 4) is 0 Å². The van der Waals surface area contributed by atoms with E-state index in [1.165, 1.54) is 30.7 Å². The second-order valence-electron chi connectivity index (χ2n) is 4.92. The van der Waals surface area contributed by atoms with Crippen LogP contribution in [-0.2, 0) is 6.54 Å². The normalized spacial score (nSPS) is 14.4. The Balaban J connectivity index is 1.79. The third kappa shape index (κ3) is 3.46. The van der Waals surface area contributed by atoms with Crippen molar-refractivity contribution in [2.45, 2.75) is 42.5 Å². The van der Waals surface area contributed by atoms with Crippen LogP contribution in [0.4, 0.5) is 0 Å². The molecule has 0 spiro atoms. The van der Waals surface area contributed by atoms with Crippen LogP contribution >= 0.6 is 11.8 Å². The molecule has 2 heterocycles. The van der Waals surface area contributed by atoms with Gasteiger partial charge >= 0.3 is 0 Å². The molecule has 104 valence electrons. The van der Waals surface area contributed by atoms with Gasteiger partial charge in [0, 0.05) is 30.5 Å². The Labute approximate surface area is 121 Å². The second kappa shape index (κ2) is 5.76. The number of rotatable bonds is 5. The monoisotopic (exact) mass is 288 g/mol. The summed E-state index contributed by atoms with van der Waals surface area (Å²) in [5.74, 6) is 0. The summed E-state index contributed by atoms with van der Waals surface area (Å²) in [6, 6.07) is 6.13. The van der Waals surface area contributed by atoms with Crippen LogP contribution in [0, 0.1) is 6.92 Å². The zero-order valence-electron chi connectivity index (χ0n) is 11.2. The molecule has 1 saturated carbocycles. The third-order valence-electron chi connectivity index (χ3n) is 3.05. The van der Waals surface area contributed by atoms with Crippen LogP contribution in [0.5, 0.6) is 0 Å². The molecule has 0 aliphatic heterocycles. The smallest absolute Gasteiger partial charge is 0.251 e. The van der Waals surface area contributed by atoms with Gasteiger partial charge in [-0.2, -0.15) is 0 Å². The van der Waals surface area contributed by atoms with Crippen molar-refractivity contribution in [1.29, 1.82) is 0 Å². The first-order chi connectivity index (χ1) is 9.70. The fourth-order valence-electron chi connectivity index (χ4n) is 1.88. The molecule has 0 amide bonds. The van der Waals surface area contributed by atoms with Gasteiger partial charge in [-0.25, -0.2) is 9.97 Å². The molecule has 0 radical (unpaired) electrons. The molecule has 1 aliphatic carbocycles. The molecule has 3 rings (SSSR count). The topological polar surface area (TPSA) is 70.7 Å². The molecular weight excluding hydrogens is 272 g/mol. The highest BCUT2D eigenvalue weighted by Gasteiger charge is 2.20. The van der Waals surface area contributed by atoms with Crippen LogP contribution in [0.2, 0.25) is 0 Å². The van der Waals surface area contributed by atoms with Crippen LogP contribution in [0.3, 0.4) is 0 Å². The summed E-state index contributed by atoms with van der Waals surface area (Å²) in [7, 11) is 0. The lowest BCUT2D eigenvalue weighted by Gasteiger charge is -2.08. The van der Waals surface area contributed by atoms with Crippen molar-refractivity contribution in [2.75, 3.05) is 0 Å². The van der Waals surface area contributed by atoms with Gasteiger partial charge in [-0.05, 0) is 43.2 Å². The van der Waals surface area contributed by atoms with Gasteiger partial charge in [-0.1, -0.05) is 6.07 Å². The van der Waals surface area contributed by atoms with Gasteiger partial charge in [-0.3, -0.25) is 4.79 Å². The quantitative estimate of drug-likeness (QED) is 0.822. The van der Waals surface area contributed by atoms with Gasteiger partial charge in [0.15, 0.2) is 5.16 Å². The van der Waals surface area contributed by atoms with Crippen molar-refractivity contribution in [3.05, 3.63) is 46.0 Å². The van der Waals surface area contributed by atoms with E-state index in [1.807, 2.05) is 13.0 Å². The highest BCUT2D eigenvalue weighted by Crippen LogP contribution is 2.26. The Hall–Kier alpha value is -1.66. The Morgan fingerprint density at radius 1 is 1.50 bits per heavy atom. The molecule has 1 fully saturated rings. The number of H-pyrrole nitrogens is 1. The predicted molar refractivity (Wildman–Crippen MR) is 77.8 cm³/mol. The first-order valence-corrected chi connectivity index (χ1v) is 7.45. The van der Waals surface area contributed by atoms with Gasteiger partial charge in [0.2, 0.25) is 0 Å². The van der Waals surface area contributed by atoms with E-state index in [4.69, 9.17) is 0 Å². The van der Waals surface area contributed by atoms with E-state index >= 15 is 0 Å². The van der Waals surface area contributed by atoms with E-state index in [0.717, 1.165) is 17.1 Å². The molecule has 6 heteroatoms. The van der Waals surface area contributed by atoms with Crippen molar-refractivity contribution < 1.29 is 0 Å². The summed E-state index contributed by atoms with van der Waals surface area (Å²) in [5.41, 5.74) is 1.71. The van der Waals surface area contributed by atoms with E-state index in [0.29, 0.717) is 16.9 Å². The summed E-state index contributed by atoms with van der Waals surface area (Å²) in [4.78, 5) is 22.9. The average molecular weight is 288 g/mol. The molecule has 2 N–H and O–H groups in total. The average Bonchev–Trinajstić information content (AvgIpc) is 3.20. The summed E-state index contributed by atoms with van der Waals surface area (Å²) in [6.07, 6.45) is 4.28. The van der Waals surface area contributed by atoms with Crippen molar-refractivity contribution in [2.24, 2.45) is 0 Å². The van der Waals surface area contributed by atoms with E-state index in [-0.39, 0.29) is 5.56 Å². The standard InChI is InChI=1S/C14H16N4OS/c1-9-7-12(19)18-14(17-9)20-13-10(3-2-6-15-13)8-16-11-4-5-11/h2-3,6-7,11,16H,4-5,8H2,1H3,(H,17,18,19). The number of nitrogens with one attached hydrogen (secondary N) is 2. The molecule has 0 bridgehead atoms. The van der Waals surface area contributed by atoms with Gasteiger partial charge in [0.05, 0.1) is 0 Å².